The van der Waals surface area contributed by atoms with E-state index in [4.69, 9.17) is 9.47 Å². The SMILES string of the molecule is CCN(CCNC(=O)c1c(C)[nH]c(/C=C2\C(=O)Nc3ccc(F)cc32)c1C)COC(=O)OC(C)C. The van der Waals surface area contributed by atoms with Gasteiger partial charge in [-0.3, -0.25) is 14.5 Å². The zero-order valence-electron chi connectivity index (χ0n) is 20.6. The first kappa shape index (κ1) is 26.0. The van der Waals surface area contributed by atoms with Crippen molar-refractivity contribution in [2.24, 2.45) is 0 Å². The molecule has 0 aliphatic carbocycles. The second-order valence-corrected chi connectivity index (χ2v) is 8.52. The molecule has 35 heavy (non-hydrogen) atoms. The molecule has 3 rings (SSSR count). The molecule has 188 valence electrons. The van der Waals surface area contributed by atoms with Crippen LogP contribution in [-0.4, -0.2) is 60.3 Å². The van der Waals surface area contributed by atoms with E-state index in [-0.39, 0.29) is 24.6 Å². The Kier molecular flexibility index (Phi) is 8.29. The minimum absolute atomic E-state index is 0.0575. The lowest BCUT2D eigenvalue weighted by molar-refractivity contribution is -0.110. The van der Waals surface area contributed by atoms with Crippen molar-refractivity contribution in [2.45, 2.75) is 40.7 Å². The van der Waals surface area contributed by atoms with E-state index in [2.05, 4.69) is 15.6 Å². The number of aromatic amines is 1. The van der Waals surface area contributed by atoms with Crippen molar-refractivity contribution >= 4 is 35.3 Å². The Hall–Kier alpha value is -3.66. The normalized spacial score (nSPS) is 13.8. The van der Waals surface area contributed by atoms with E-state index in [1.807, 2.05) is 11.8 Å². The molecule has 0 saturated heterocycles. The Labute approximate surface area is 203 Å². The fourth-order valence-corrected chi connectivity index (χ4v) is 3.81. The van der Waals surface area contributed by atoms with Gasteiger partial charge in [-0.15, -0.1) is 0 Å². The highest BCUT2D eigenvalue weighted by Gasteiger charge is 2.26. The van der Waals surface area contributed by atoms with Crippen LogP contribution >= 0.6 is 0 Å². The summed E-state index contributed by atoms with van der Waals surface area (Å²) in [6.45, 7) is 10.4. The van der Waals surface area contributed by atoms with Gasteiger partial charge >= 0.3 is 6.16 Å². The number of benzene rings is 1. The number of ether oxygens (including phenoxy) is 2. The third kappa shape index (κ3) is 6.27. The second-order valence-electron chi connectivity index (χ2n) is 8.52. The van der Waals surface area contributed by atoms with Gasteiger partial charge < -0.3 is 25.1 Å². The van der Waals surface area contributed by atoms with E-state index in [1.165, 1.54) is 18.2 Å². The van der Waals surface area contributed by atoms with E-state index < -0.39 is 12.0 Å². The van der Waals surface area contributed by atoms with Crippen molar-refractivity contribution in [2.75, 3.05) is 31.7 Å². The van der Waals surface area contributed by atoms with Crippen LogP contribution in [-0.2, 0) is 14.3 Å². The lowest BCUT2D eigenvalue weighted by Crippen LogP contribution is -2.37. The number of likely N-dealkylation sites (N-methyl/N-ethyl adjacent to an activating group) is 1. The molecule has 0 unspecified atom stereocenters. The minimum Gasteiger partial charge on any atom is -0.432 e. The molecule has 1 aliphatic rings. The predicted molar refractivity (Wildman–Crippen MR) is 130 cm³/mol. The van der Waals surface area contributed by atoms with Gasteiger partial charge in [0.1, 0.15) is 12.5 Å². The largest absolute Gasteiger partial charge is 0.509 e. The molecule has 0 atom stereocenters. The molecular formula is C25H31FN4O5. The van der Waals surface area contributed by atoms with E-state index in [1.54, 1.807) is 33.8 Å². The van der Waals surface area contributed by atoms with Crippen LogP contribution in [0.4, 0.5) is 14.9 Å². The third-order valence-corrected chi connectivity index (χ3v) is 5.61. The number of carbonyl (C=O) groups excluding carboxylic acids is 3. The number of aryl methyl sites for hydroxylation is 1. The van der Waals surface area contributed by atoms with Crippen LogP contribution in [0.2, 0.25) is 0 Å². The molecule has 3 N–H and O–H groups in total. The standard InChI is InChI=1S/C25H31FN4O5/c1-6-30(13-34-25(33)35-14(2)3)10-9-27-24(32)22-15(4)21(28-16(22)5)12-19-18-11-17(26)7-8-20(18)29-23(19)31/h7-8,11-12,14,28H,6,9-10,13H2,1-5H3,(H,27,32)(H,29,31)/b19-12-. The lowest BCUT2D eigenvalue weighted by Gasteiger charge is -2.20. The van der Waals surface area contributed by atoms with Crippen LogP contribution in [0, 0.1) is 19.7 Å². The molecule has 1 aliphatic heterocycles. The summed E-state index contributed by atoms with van der Waals surface area (Å²) in [4.78, 5) is 41.9. The van der Waals surface area contributed by atoms with Gasteiger partial charge in [-0.1, -0.05) is 6.92 Å². The zero-order chi connectivity index (χ0) is 25.7. The number of rotatable bonds is 9. The van der Waals surface area contributed by atoms with Crippen molar-refractivity contribution in [1.82, 2.24) is 15.2 Å². The fourth-order valence-electron chi connectivity index (χ4n) is 3.81. The summed E-state index contributed by atoms with van der Waals surface area (Å²) in [7, 11) is 0. The number of H-pyrrole nitrogens is 1. The second kappa shape index (κ2) is 11.2. The highest BCUT2D eigenvalue weighted by Crippen LogP contribution is 2.34. The van der Waals surface area contributed by atoms with Gasteiger partial charge in [0, 0.05) is 35.7 Å². The van der Waals surface area contributed by atoms with E-state index in [0.717, 1.165) is 0 Å². The molecule has 0 spiro atoms. The molecule has 0 bridgehead atoms. The van der Waals surface area contributed by atoms with Crippen LogP contribution in [0.25, 0.3) is 11.6 Å². The van der Waals surface area contributed by atoms with Gasteiger partial charge in [0.05, 0.1) is 17.2 Å². The predicted octanol–water partition coefficient (Wildman–Crippen LogP) is 3.83. The van der Waals surface area contributed by atoms with Gasteiger partial charge in [-0.2, -0.15) is 0 Å². The smallest absolute Gasteiger partial charge is 0.432 e. The van der Waals surface area contributed by atoms with Gasteiger partial charge in [0.15, 0.2) is 0 Å². The van der Waals surface area contributed by atoms with E-state index in [9.17, 15) is 18.8 Å². The molecular weight excluding hydrogens is 455 g/mol. The Morgan fingerprint density at radius 3 is 2.69 bits per heavy atom. The molecule has 2 heterocycles. The highest BCUT2D eigenvalue weighted by atomic mass is 19.1. The topological polar surface area (TPSA) is 113 Å². The van der Waals surface area contributed by atoms with Crippen molar-refractivity contribution in [3.05, 3.63) is 52.1 Å². The number of carbonyl (C=O) groups is 3. The molecule has 0 radical (unpaired) electrons. The summed E-state index contributed by atoms with van der Waals surface area (Å²) in [5.41, 5.74) is 3.76. The maximum atomic E-state index is 13.7. The summed E-state index contributed by atoms with van der Waals surface area (Å²) >= 11 is 0. The van der Waals surface area contributed by atoms with Crippen molar-refractivity contribution in [1.29, 1.82) is 0 Å². The zero-order valence-corrected chi connectivity index (χ0v) is 20.6. The summed E-state index contributed by atoms with van der Waals surface area (Å²) in [5.74, 6) is -1.03. The average molecular weight is 487 g/mol. The Balaban J connectivity index is 1.65. The van der Waals surface area contributed by atoms with Crippen LogP contribution in [0.1, 0.15) is 53.6 Å². The number of nitrogens with zero attached hydrogens (tertiary/aromatic N) is 1. The first-order chi connectivity index (χ1) is 16.6. The number of anilines is 1. The maximum Gasteiger partial charge on any atom is 0.509 e. The molecule has 2 amide bonds. The molecule has 9 nitrogen and oxygen atoms in total. The minimum atomic E-state index is -0.732. The van der Waals surface area contributed by atoms with Gasteiger partial charge in [-0.05, 0) is 64.1 Å². The average Bonchev–Trinajstić information content (AvgIpc) is 3.24. The molecule has 0 fully saturated rings. The number of aromatic nitrogens is 1. The summed E-state index contributed by atoms with van der Waals surface area (Å²) in [6.07, 6.45) is 0.639. The summed E-state index contributed by atoms with van der Waals surface area (Å²) in [6, 6.07) is 4.12. The number of amides is 2. The van der Waals surface area contributed by atoms with E-state index in [0.29, 0.717) is 59.0 Å². The molecule has 10 heteroatoms. The quantitative estimate of drug-likeness (QED) is 0.282. The fraction of sp³-hybridized carbons (Fsp3) is 0.400. The van der Waals surface area contributed by atoms with E-state index >= 15 is 0 Å². The van der Waals surface area contributed by atoms with Gasteiger partial charge in [0.2, 0.25) is 0 Å². The van der Waals surface area contributed by atoms with Crippen LogP contribution in [0.15, 0.2) is 18.2 Å². The number of halogens is 1. The monoisotopic (exact) mass is 486 g/mol. The Morgan fingerprint density at radius 2 is 2.00 bits per heavy atom. The van der Waals surface area contributed by atoms with Crippen molar-refractivity contribution in [3.63, 3.8) is 0 Å². The lowest BCUT2D eigenvalue weighted by atomic mass is 10.0. The number of hydrogen-bond donors (Lipinski definition) is 3. The van der Waals surface area contributed by atoms with Crippen LogP contribution in [0.3, 0.4) is 0 Å². The maximum absolute atomic E-state index is 13.7. The summed E-state index contributed by atoms with van der Waals surface area (Å²) in [5, 5.41) is 5.60. The third-order valence-electron chi connectivity index (χ3n) is 5.61. The molecule has 0 saturated carbocycles. The van der Waals surface area contributed by atoms with Crippen LogP contribution < -0.4 is 10.6 Å². The first-order valence-corrected chi connectivity index (χ1v) is 11.5. The molecule has 1 aromatic heterocycles. The Morgan fingerprint density at radius 1 is 1.26 bits per heavy atom. The highest BCUT2D eigenvalue weighted by molar-refractivity contribution is 6.34. The summed E-state index contributed by atoms with van der Waals surface area (Å²) < 4.78 is 23.8. The molecule has 1 aromatic carbocycles. The number of hydrogen-bond acceptors (Lipinski definition) is 6. The van der Waals surface area contributed by atoms with Crippen molar-refractivity contribution < 1.29 is 28.2 Å². The van der Waals surface area contributed by atoms with Gasteiger partial charge in [-0.25, -0.2) is 9.18 Å². The van der Waals surface area contributed by atoms with Crippen molar-refractivity contribution in [3.8, 4) is 0 Å². The van der Waals surface area contributed by atoms with Gasteiger partial charge in [0.25, 0.3) is 11.8 Å². The first-order valence-electron chi connectivity index (χ1n) is 11.5. The van der Waals surface area contributed by atoms with Crippen LogP contribution in [0.5, 0.6) is 0 Å². The number of fused-ring (bicyclic) bond motifs is 1. The molecule has 2 aromatic rings. The number of nitrogens with one attached hydrogen (secondary N) is 3. The Bertz CT molecular complexity index is 1150.